The first-order valence-corrected chi connectivity index (χ1v) is 32.0. The van der Waals surface area contributed by atoms with E-state index in [1.54, 1.807) is 49.4 Å². The van der Waals surface area contributed by atoms with E-state index < -0.39 is 164 Å². The van der Waals surface area contributed by atoms with E-state index >= 15 is 0 Å². The van der Waals surface area contributed by atoms with Crippen LogP contribution in [0.5, 0.6) is 0 Å². The summed E-state index contributed by atoms with van der Waals surface area (Å²) in [5.74, 6) is -7.27. The van der Waals surface area contributed by atoms with Crippen LogP contribution in [0, 0.1) is 6.92 Å². The van der Waals surface area contributed by atoms with E-state index in [1.807, 2.05) is 6.92 Å². The van der Waals surface area contributed by atoms with Crippen LogP contribution in [0.4, 0.5) is 0 Å². The summed E-state index contributed by atoms with van der Waals surface area (Å²) in [7, 11) is 0. The first kappa shape index (κ1) is 71.4. The fourth-order valence-electron chi connectivity index (χ4n) is 12.4. The second kappa shape index (κ2) is 31.8. The van der Waals surface area contributed by atoms with E-state index in [2.05, 4.69) is 37.2 Å². The molecule has 0 spiro atoms. The molecule has 30 nitrogen and oxygen atoms in total. The largest absolute Gasteiger partial charge is 0.458 e. The Bertz CT molecular complexity index is 3790. The Balaban J connectivity index is 0.740. The van der Waals surface area contributed by atoms with Crippen LogP contribution in [0.2, 0.25) is 5.02 Å². The quantitative estimate of drug-likeness (QED) is 0.0101. The number of unbranched alkanes of at least 4 members (excludes halogenated alkanes) is 2. The summed E-state index contributed by atoms with van der Waals surface area (Å²) in [6.45, 7) is 0.0902. The number of cyclic esters (lactones) is 1. The van der Waals surface area contributed by atoms with Crippen molar-refractivity contribution in [3.05, 3.63) is 109 Å². The fraction of sp³-hybridized carbons (Fsp3) is 0.492. The van der Waals surface area contributed by atoms with Gasteiger partial charge in [-0.1, -0.05) is 55.3 Å². The summed E-state index contributed by atoms with van der Waals surface area (Å²) >= 11 is 6.73. The number of halogens is 1. The number of nitrogens with zero attached hydrogens (tertiary/aromatic N) is 3. The van der Waals surface area contributed by atoms with E-state index in [0.717, 1.165) is 39.1 Å². The molecule has 9 rings (SSSR count). The number of ether oxygens (including phenoxy) is 3. The third kappa shape index (κ3) is 16.5. The van der Waals surface area contributed by atoms with Gasteiger partial charge in [-0.15, -0.1) is 0 Å². The van der Waals surface area contributed by atoms with Gasteiger partial charge in [-0.05, 0) is 86.3 Å². The van der Waals surface area contributed by atoms with Crippen molar-refractivity contribution >= 4 is 87.4 Å². The number of amides is 9. The van der Waals surface area contributed by atoms with Crippen LogP contribution >= 0.6 is 11.6 Å². The lowest BCUT2D eigenvalue weighted by molar-refractivity contribution is -0.227. The van der Waals surface area contributed by atoms with Crippen LogP contribution in [-0.4, -0.2) is 194 Å². The number of Topliss-reactive ketones (excluding diaryl/α,β-unsaturated/α-hetero) is 1. The van der Waals surface area contributed by atoms with Crippen molar-refractivity contribution in [3.8, 4) is 11.4 Å². The van der Waals surface area contributed by atoms with Gasteiger partial charge in [0, 0.05) is 72.5 Å². The van der Waals surface area contributed by atoms with E-state index in [0.29, 0.717) is 65.2 Å². The van der Waals surface area contributed by atoms with Gasteiger partial charge in [0.25, 0.3) is 17.4 Å². The number of hydrogen-bond donors (Lipinski definition) is 12. The third-order valence-electron chi connectivity index (χ3n) is 17.8. The van der Waals surface area contributed by atoms with Gasteiger partial charge in [-0.3, -0.25) is 57.6 Å². The first-order chi connectivity index (χ1) is 45.9. The summed E-state index contributed by atoms with van der Waals surface area (Å²) in [6, 6.07) is 8.85. The lowest BCUT2D eigenvalue weighted by Crippen LogP contribution is -2.60. The van der Waals surface area contributed by atoms with Gasteiger partial charge in [-0.2, -0.15) is 0 Å². The predicted octanol–water partition coefficient (Wildman–Crippen LogP) is -1.75. The number of benzene rings is 2. The van der Waals surface area contributed by atoms with Crippen LogP contribution < -0.4 is 42.8 Å². The van der Waals surface area contributed by atoms with E-state index in [4.69, 9.17) is 30.8 Å². The van der Waals surface area contributed by atoms with Crippen LogP contribution in [0.3, 0.4) is 0 Å². The fourth-order valence-corrected chi connectivity index (χ4v) is 12.6. The molecule has 9 amide bonds. The summed E-state index contributed by atoms with van der Waals surface area (Å²) in [6.07, 6.45) is -4.51. The highest BCUT2D eigenvalue weighted by atomic mass is 35.5. The molecule has 1 fully saturated rings. The summed E-state index contributed by atoms with van der Waals surface area (Å²) in [5, 5.41) is 70.8. The van der Waals surface area contributed by atoms with Crippen molar-refractivity contribution in [2.75, 3.05) is 46.1 Å². The summed E-state index contributed by atoms with van der Waals surface area (Å²) in [5.41, 5.74) is 3.02. The highest BCUT2D eigenvalue weighted by Crippen LogP contribution is 2.46. The normalized spacial score (nSPS) is 21.2. The van der Waals surface area contributed by atoms with Crippen molar-refractivity contribution in [2.45, 2.75) is 158 Å². The standard InChI is InChI=1S/C65H77ClN10O20/c1-3-65(93)38-23-44-58-36(28-76(44)63(91)37(38)30-95-64(65)92)57-40(14-13-35-33(2)39(66)24-43(74-58)56(35)57)71-53(84)31-94-32-70-49(80)18-16-45(78)42(22-34-10-6-4-7-11-34)73-52(83)27-68-51(82)26-69-62(90)41(72-50(81)12-8-5-9-21-75-54(85)19-20-55(75)86)15-17-48(79)67-25-46-59(87)61(89)60(88)47(29-77)96-46/h4,6-7,10-11,19-20,23-24,40-42,46-47,59-61,77,87-89,93H,3,5,8-9,12-18,21-22,25-32H2,1-2H3,(H,67,79)(H,68,82)(H,69,90)(H,70,80)(H,71,84)(H,72,81)(H,73,83)/t40-,41-,42-,46-,47+,59-,60+,61+,65-/m0/s1. The number of nitrogens with one attached hydrogen (secondary N) is 7. The molecule has 1 saturated heterocycles. The van der Waals surface area contributed by atoms with Gasteiger partial charge in [0.2, 0.25) is 41.4 Å². The molecule has 5 aliphatic rings. The number of aliphatic hydroxyl groups excluding tert-OH is 4. The molecule has 1 aliphatic carbocycles. The Morgan fingerprint density at radius 1 is 0.771 bits per heavy atom. The van der Waals surface area contributed by atoms with Crippen LogP contribution in [0.1, 0.15) is 116 Å². The van der Waals surface area contributed by atoms with E-state index in [9.17, 15) is 83.1 Å². The average Bonchev–Trinajstić information content (AvgIpc) is 1.47. The molecule has 31 heteroatoms. The molecule has 12 N–H and O–H groups in total. The number of carbonyl (C=O) groups is 11. The van der Waals surface area contributed by atoms with Crippen molar-refractivity contribution in [2.24, 2.45) is 0 Å². The Hall–Kier alpha value is -8.88. The van der Waals surface area contributed by atoms with Crippen molar-refractivity contribution in [1.29, 1.82) is 0 Å². The lowest BCUT2D eigenvalue weighted by Gasteiger charge is -2.40. The monoisotopic (exact) mass is 1350 g/mol. The molecule has 4 aromatic rings. The first-order valence-electron chi connectivity index (χ1n) is 31.7. The maximum atomic E-state index is 14.1. The lowest BCUT2D eigenvalue weighted by atomic mass is 9.81. The number of pyridine rings is 2. The zero-order valence-corrected chi connectivity index (χ0v) is 53.5. The summed E-state index contributed by atoms with van der Waals surface area (Å²) < 4.78 is 17.7. The molecule has 0 radical (unpaired) electrons. The van der Waals surface area contributed by atoms with Crippen molar-refractivity contribution in [1.82, 2.24) is 51.7 Å². The second-order valence-electron chi connectivity index (χ2n) is 24.1. The van der Waals surface area contributed by atoms with Gasteiger partial charge in [-0.25, -0.2) is 9.78 Å². The number of imide groups is 1. The molecular weight excluding hydrogens is 1280 g/mol. The molecular formula is C65H77ClN10O20. The van der Waals surface area contributed by atoms with Gasteiger partial charge in [0.1, 0.15) is 56.5 Å². The van der Waals surface area contributed by atoms with Crippen LogP contribution in [0.25, 0.3) is 22.3 Å². The van der Waals surface area contributed by atoms with Gasteiger partial charge in [0.05, 0.1) is 60.8 Å². The molecule has 96 heavy (non-hydrogen) atoms. The van der Waals surface area contributed by atoms with Gasteiger partial charge >= 0.3 is 5.97 Å². The number of aromatic nitrogens is 2. The number of hydrogen-bond acceptors (Lipinski definition) is 21. The van der Waals surface area contributed by atoms with Crippen LogP contribution in [0.15, 0.2) is 59.4 Å². The Kier molecular flexibility index (Phi) is 23.6. The topological polar surface area (TPSA) is 439 Å². The summed E-state index contributed by atoms with van der Waals surface area (Å²) in [4.78, 5) is 163. The predicted molar refractivity (Wildman–Crippen MR) is 337 cm³/mol. The highest BCUT2D eigenvalue weighted by Gasteiger charge is 2.47. The Labute approximate surface area is 554 Å². The molecule has 0 unspecified atom stereocenters. The van der Waals surface area contributed by atoms with Crippen molar-refractivity contribution < 1.29 is 92.5 Å². The second-order valence-corrected chi connectivity index (χ2v) is 24.5. The van der Waals surface area contributed by atoms with Gasteiger partial charge in [0.15, 0.2) is 11.4 Å². The average molecular weight is 1350 g/mol. The number of esters is 1. The van der Waals surface area contributed by atoms with E-state index in [1.165, 1.54) is 4.57 Å². The number of aliphatic hydroxyl groups is 5. The maximum Gasteiger partial charge on any atom is 0.343 e. The zero-order valence-electron chi connectivity index (χ0n) is 52.7. The van der Waals surface area contributed by atoms with Crippen LogP contribution in [-0.2, 0) is 98.5 Å². The molecule has 0 saturated carbocycles. The number of carbonyl (C=O) groups excluding carboxylic acids is 11. The number of ketones is 1. The molecule has 6 heterocycles. The highest BCUT2D eigenvalue weighted by molar-refractivity contribution is 6.32. The van der Waals surface area contributed by atoms with Gasteiger partial charge < -0.3 is 81.5 Å². The molecule has 514 valence electrons. The molecule has 9 atom stereocenters. The van der Waals surface area contributed by atoms with E-state index in [-0.39, 0.29) is 75.9 Å². The number of aryl methyl sites for hydroxylation is 1. The minimum atomic E-state index is -2.04. The Morgan fingerprint density at radius 2 is 1.48 bits per heavy atom. The number of fused-ring (bicyclic) bond motifs is 5. The number of rotatable bonds is 31. The minimum Gasteiger partial charge on any atom is -0.458 e. The molecule has 2 aromatic heterocycles. The third-order valence-corrected chi connectivity index (χ3v) is 18.2. The SMILES string of the molecule is CC[C@@]1(O)C(=O)OCc2c1cc1n(c2=O)Cc2c-1nc1cc(Cl)c(C)c3c1c2[C@@H](NC(=O)COCNC(=O)CCC(=O)[C@H](Cc1ccccc1)NC(=O)CNC(=O)CNC(=O)[C@H](CCC(=O)NC[C@@H]1O[C@H](CO)[C@@H](O)[C@H](O)[C@H]1O)NC(=O)CCCCCN1C(=O)C=CC1=O)CC3. The maximum absolute atomic E-state index is 14.1. The zero-order chi connectivity index (χ0) is 69.1. The smallest absolute Gasteiger partial charge is 0.343 e. The minimum absolute atomic E-state index is 0.00837. The Morgan fingerprint density at radius 3 is 2.21 bits per heavy atom. The molecule has 0 bridgehead atoms. The van der Waals surface area contributed by atoms with Crippen molar-refractivity contribution in [3.63, 3.8) is 0 Å². The molecule has 4 aliphatic heterocycles. The molecule has 2 aromatic carbocycles.